The molecule has 0 atom stereocenters. The fraction of sp³-hybridized carbons (Fsp3) is 0. The van der Waals surface area contributed by atoms with Gasteiger partial charge in [0.1, 0.15) is 0 Å². The van der Waals surface area contributed by atoms with E-state index in [2.05, 4.69) is 28.9 Å². The summed E-state index contributed by atoms with van der Waals surface area (Å²) >= 11 is 8.80. The Kier molecular flexibility index (Phi) is 8.55. The van der Waals surface area contributed by atoms with Crippen molar-refractivity contribution in [1.29, 1.82) is 0 Å². The molecule has 0 spiro atoms. The van der Waals surface area contributed by atoms with Crippen LogP contribution in [0.2, 0.25) is 0 Å². The van der Waals surface area contributed by atoms with Crippen molar-refractivity contribution in [3.8, 4) is 0 Å². The van der Waals surface area contributed by atoms with E-state index in [0.717, 1.165) is 0 Å². The highest BCUT2D eigenvalue weighted by Crippen LogP contribution is 1.84. The Labute approximate surface area is 55.2 Å². The molecule has 8 heavy (non-hydrogen) atoms. The number of carbonyl (C=O) groups is 2. The summed E-state index contributed by atoms with van der Waals surface area (Å²) < 4.78 is -0.889. The second-order valence-electron chi connectivity index (χ2n) is 0.564. The molecule has 3 N–H and O–H groups in total. The number of hydrogen-bond donors (Lipinski definition) is 2. The van der Waals surface area contributed by atoms with Gasteiger partial charge < -0.3 is 10.8 Å². The predicted molar refractivity (Wildman–Crippen MR) is 29.3 cm³/mol. The van der Waals surface area contributed by atoms with Gasteiger partial charge in [0, 0.05) is 0 Å². The number of halogens is 2. The lowest BCUT2D eigenvalue weighted by molar-refractivity contribution is 0.205. The molecule has 0 saturated carbocycles. The SMILES string of the molecule is NC(=O)O.O=C(Cl)Cl. The van der Waals surface area contributed by atoms with E-state index in [9.17, 15) is 0 Å². The van der Waals surface area contributed by atoms with Crippen LogP contribution >= 0.6 is 23.2 Å². The zero-order valence-corrected chi connectivity index (χ0v) is 5.11. The van der Waals surface area contributed by atoms with Gasteiger partial charge in [-0.25, -0.2) is 4.79 Å². The zero-order valence-electron chi connectivity index (χ0n) is 3.60. The molecule has 1 amide bonds. The third kappa shape index (κ3) is 489. The summed E-state index contributed by atoms with van der Waals surface area (Å²) in [6.07, 6.45) is -1.33. The molecule has 0 radical (unpaired) electrons. The normalized spacial score (nSPS) is 6.25. The standard InChI is InChI=1S/CCl2O.CH3NO2/c2*2-1(3)4/h;2H2,(H,3,4). The molecule has 0 fully saturated rings. The van der Waals surface area contributed by atoms with Gasteiger partial charge in [0.05, 0.1) is 0 Å². The lowest BCUT2D eigenvalue weighted by Crippen LogP contribution is -2.03. The van der Waals surface area contributed by atoms with Crippen LogP contribution in [0, 0.1) is 0 Å². The highest BCUT2D eigenvalue weighted by Gasteiger charge is 1.72. The van der Waals surface area contributed by atoms with E-state index in [1.807, 2.05) is 0 Å². The molecule has 48 valence electrons. The quantitative estimate of drug-likeness (QED) is 0.522. The molecule has 0 bridgehead atoms. The van der Waals surface area contributed by atoms with Gasteiger partial charge in [0.15, 0.2) is 0 Å². The van der Waals surface area contributed by atoms with E-state index in [1.165, 1.54) is 0 Å². The van der Waals surface area contributed by atoms with Crippen molar-refractivity contribution in [2.75, 3.05) is 0 Å². The summed E-state index contributed by atoms with van der Waals surface area (Å²) in [5, 5.41) is 7.19. The van der Waals surface area contributed by atoms with Gasteiger partial charge >= 0.3 is 10.8 Å². The fourth-order valence-corrected chi connectivity index (χ4v) is 0. The largest absolute Gasteiger partial charge is 0.465 e. The smallest absolute Gasteiger partial charge is 0.402 e. The number of carboxylic acid groups (broad SMARTS) is 1. The van der Waals surface area contributed by atoms with E-state index in [1.54, 1.807) is 0 Å². The molecule has 0 aliphatic rings. The summed E-state index contributed by atoms with van der Waals surface area (Å²) in [6, 6.07) is 0. The van der Waals surface area contributed by atoms with Crippen LogP contribution < -0.4 is 5.73 Å². The van der Waals surface area contributed by atoms with Crippen LogP contribution in [0.5, 0.6) is 0 Å². The van der Waals surface area contributed by atoms with E-state index in [-0.39, 0.29) is 0 Å². The first kappa shape index (κ1) is 10.5. The molecule has 6 heteroatoms. The molecule has 0 saturated heterocycles. The summed E-state index contributed by atoms with van der Waals surface area (Å²) in [5.41, 5.74) is 4.03. The molecule has 0 heterocycles. The van der Waals surface area contributed by atoms with Crippen molar-refractivity contribution in [1.82, 2.24) is 0 Å². The molecule has 0 aliphatic heterocycles. The van der Waals surface area contributed by atoms with Crippen LogP contribution in [0.3, 0.4) is 0 Å². The van der Waals surface area contributed by atoms with Gasteiger partial charge in [-0.3, -0.25) is 4.79 Å². The van der Waals surface area contributed by atoms with Gasteiger partial charge in [-0.15, -0.1) is 0 Å². The number of primary amides is 1. The maximum absolute atomic E-state index is 8.98. The molecule has 0 rings (SSSR count). The van der Waals surface area contributed by atoms with Crippen molar-refractivity contribution in [3.05, 3.63) is 0 Å². The van der Waals surface area contributed by atoms with E-state index in [0.29, 0.717) is 0 Å². The second kappa shape index (κ2) is 6.52. The molecule has 0 aromatic heterocycles. The highest BCUT2D eigenvalue weighted by atomic mass is 35.5. The number of carbonyl (C=O) groups excluding carboxylic acids is 1. The highest BCUT2D eigenvalue weighted by molar-refractivity contribution is 6.93. The van der Waals surface area contributed by atoms with Crippen molar-refractivity contribution in [2.45, 2.75) is 0 Å². The van der Waals surface area contributed by atoms with Crippen LogP contribution in [0.4, 0.5) is 9.59 Å². The third-order valence-corrected chi connectivity index (χ3v) is 0. The molecule has 0 aromatic carbocycles. The van der Waals surface area contributed by atoms with E-state index in [4.69, 9.17) is 14.7 Å². The van der Waals surface area contributed by atoms with Crippen LogP contribution in [-0.4, -0.2) is 15.9 Å². The zero-order chi connectivity index (χ0) is 7.15. The summed E-state index contributed by atoms with van der Waals surface area (Å²) in [4.78, 5) is 17.8. The van der Waals surface area contributed by atoms with Crippen molar-refractivity contribution in [3.63, 3.8) is 0 Å². The second-order valence-corrected chi connectivity index (χ2v) is 1.44. The molecule has 0 unspecified atom stereocenters. The van der Waals surface area contributed by atoms with Gasteiger partial charge in [0.2, 0.25) is 0 Å². The summed E-state index contributed by atoms with van der Waals surface area (Å²) in [7, 11) is 0. The molecular formula is C2H3Cl2NO3. The van der Waals surface area contributed by atoms with Gasteiger partial charge in [0.25, 0.3) is 0 Å². The van der Waals surface area contributed by atoms with E-state index >= 15 is 0 Å². The Morgan fingerprint density at radius 3 is 1.38 bits per heavy atom. The first-order valence-corrected chi connectivity index (χ1v) is 2.05. The van der Waals surface area contributed by atoms with Crippen LogP contribution in [0.15, 0.2) is 0 Å². The molecular weight excluding hydrogens is 157 g/mol. The summed E-state index contributed by atoms with van der Waals surface area (Å²) in [5.74, 6) is 0. The average Bonchev–Trinajstić information content (AvgIpc) is 1.25. The molecule has 0 aromatic rings. The van der Waals surface area contributed by atoms with Crippen molar-refractivity contribution >= 4 is 34.0 Å². The van der Waals surface area contributed by atoms with Gasteiger partial charge in [-0.2, -0.15) is 0 Å². The van der Waals surface area contributed by atoms with E-state index < -0.39 is 10.8 Å². The van der Waals surface area contributed by atoms with Gasteiger partial charge in [-0.1, -0.05) is 0 Å². The minimum atomic E-state index is -1.33. The van der Waals surface area contributed by atoms with Crippen LogP contribution in [0.1, 0.15) is 0 Å². The third-order valence-electron chi connectivity index (χ3n) is 0. The lowest BCUT2D eigenvalue weighted by atomic mass is 11.3. The first-order valence-electron chi connectivity index (χ1n) is 1.30. The molecule has 0 aliphatic carbocycles. The molecule has 4 nitrogen and oxygen atoms in total. The average molecular weight is 160 g/mol. The Hall–Kier alpha value is -0.480. The first-order chi connectivity index (χ1) is 3.46. The Balaban J connectivity index is 0. The number of rotatable bonds is 0. The summed E-state index contributed by atoms with van der Waals surface area (Å²) in [6.45, 7) is 0. The minimum Gasteiger partial charge on any atom is -0.465 e. The fourth-order valence-electron chi connectivity index (χ4n) is 0. The lowest BCUT2D eigenvalue weighted by Gasteiger charge is -1.61. The van der Waals surface area contributed by atoms with Crippen molar-refractivity contribution in [2.24, 2.45) is 5.73 Å². The monoisotopic (exact) mass is 159 g/mol. The Morgan fingerprint density at radius 2 is 1.38 bits per heavy atom. The van der Waals surface area contributed by atoms with Gasteiger partial charge in [-0.05, 0) is 23.2 Å². The maximum Gasteiger partial charge on any atom is 0.402 e. The number of hydrogen-bond acceptors (Lipinski definition) is 2. The Bertz CT molecular complexity index is 73.3. The topological polar surface area (TPSA) is 80.4 Å². The van der Waals surface area contributed by atoms with Crippen LogP contribution in [-0.2, 0) is 0 Å². The Morgan fingerprint density at radius 1 is 1.38 bits per heavy atom. The van der Waals surface area contributed by atoms with Crippen LogP contribution in [0.25, 0.3) is 0 Å². The number of nitrogens with two attached hydrogens (primary N) is 1. The van der Waals surface area contributed by atoms with Crippen molar-refractivity contribution < 1.29 is 14.7 Å². The minimum absolute atomic E-state index is 0.889. The number of amides is 1. The maximum atomic E-state index is 8.98. The predicted octanol–water partition coefficient (Wildman–Crippen LogP) is 1.21.